The molecule has 0 bridgehead atoms. The van der Waals surface area contributed by atoms with Crippen LogP contribution in [0.3, 0.4) is 0 Å². The smallest absolute Gasteiger partial charge is 0.252 e. The van der Waals surface area contributed by atoms with Crippen LogP contribution >= 0.6 is 94.8 Å². The number of hydrogen-bond donors (Lipinski definition) is 3. The fourth-order valence-electron chi connectivity index (χ4n) is 2.16. The van der Waals surface area contributed by atoms with Crippen molar-refractivity contribution in [2.24, 2.45) is 0 Å². The summed E-state index contributed by atoms with van der Waals surface area (Å²) >= 11 is 33.6. The molecule has 3 N–H and O–H groups in total. The SMILES string of the molecule is Cc1cc(Br)cc(Br)c1NC(=S)N[C@@H](NC(=O)c1ccc(Br)cc1)C(Cl)(Cl)Cl. The normalized spacial score (nSPS) is 12.2. The van der Waals surface area contributed by atoms with Crippen LogP contribution in [0.15, 0.2) is 49.8 Å². The summed E-state index contributed by atoms with van der Waals surface area (Å²) in [5.74, 6) is -0.417. The monoisotopic (exact) mass is 649 g/mol. The van der Waals surface area contributed by atoms with E-state index in [0.717, 1.165) is 24.7 Å². The molecule has 0 aromatic heterocycles. The molecule has 2 rings (SSSR count). The van der Waals surface area contributed by atoms with Gasteiger partial charge < -0.3 is 16.0 Å². The van der Waals surface area contributed by atoms with E-state index in [-0.39, 0.29) is 5.11 Å². The quantitative estimate of drug-likeness (QED) is 0.196. The molecule has 4 nitrogen and oxygen atoms in total. The van der Waals surface area contributed by atoms with Crippen molar-refractivity contribution in [3.05, 3.63) is 60.9 Å². The largest absolute Gasteiger partial charge is 0.339 e. The lowest BCUT2D eigenvalue weighted by Crippen LogP contribution is -2.56. The van der Waals surface area contributed by atoms with Crippen molar-refractivity contribution in [2.75, 3.05) is 5.32 Å². The van der Waals surface area contributed by atoms with Gasteiger partial charge in [0, 0.05) is 19.0 Å². The first-order valence-corrected chi connectivity index (χ1v) is 11.6. The summed E-state index contributed by atoms with van der Waals surface area (Å²) in [5.41, 5.74) is 2.10. The van der Waals surface area contributed by atoms with Gasteiger partial charge in [0.1, 0.15) is 6.17 Å². The van der Waals surface area contributed by atoms with Crippen LogP contribution in [0.5, 0.6) is 0 Å². The summed E-state index contributed by atoms with van der Waals surface area (Å²) in [7, 11) is 0. The molecule has 11 heteroatoms. The maximum atomic E-state index is 12.5. The van der Waals surface area contributed by atoms with E-state index in [1.807, 2.05) is 19.1 Å². The molecule has 0 saturated heterocycles. The van der Waals surface area contributed by atoms with Crippen LogP contribution in [0, 0.1) is 6.92 Å². The number of benzene rings is 2. The van der Waals surface area contributed by atoms with Gasteiger partial charge in [-0.15, -0.1) is 0 Å². The van der Waals surface area contributed by atoms with Gasteiger partial charge in [-0.1, -0.05) is 66.7 Å². The Bertz CT molecular complexity index is 868. The molecule has 0 radical (unpaired) electrons. The average molecular weight is 653 g/mol. The maximum absolute atomic E-state index is 12.5. The molecule has 2 aromatic rings. The minimum Gasteiger partial charge on any atom is -0.339 e. The van der Waals surface area contributed by atoms with Crippen LogP contribution < -0.4 is 16.0 Å². The van der Waals surface area contributed by atoms with Crippen LogP contribution in [0.4, 0.5) is 5.69 Å². The zero-order chi connectivity index (χ0) is 21.1. The van der Waals surface area contributed by atoms with Crippen molar-refractivity contribution in [2.45, 2.75) is 16.9 Å². The molecule has 1 amide bonds. The number of thiocarbonyl (C=S) groups is 1. The Morgan fingerprint density at radius 3 is 2.18 bits per heavy atom. The molecule has 150 valence electrons. The van der Waals surface area contributed by atoms with Crippen LogP contribution in [0.2, 0.25) is 0 Å². The van der Waals surface area contributed by atoms with E-state index in [9.17, 15) is 4.79 Å². The standard InChI is InChI=1S/C17H13Br3Cl3N3OS/c1-8-6-11(19)7-12(20)13(8)24-16(28)26-15(17(21,22)23)25-14(27)9-2-4-10(18)5-3-9/h2-7,15H,1H3,(H,25,27)(H2,24,26,28)/t15-/m1/s1. The molecule has 0 aliphatic heterocycles. The second kappa shape index (κ2) is 10.3. The number of rotatable bonds is 4. The van der Waals surface area contributed by atoms with Crippen molar-refractivity contribution in [3.63, 3.8) is 0 Å². The maximum Gasteiger partial charge on any atom is 0.252 e. The molecule has 0 spiro atoms. The second-order valence-corrected chi connectivity index (χ2v) is 11.1. The van der Waals surface area contributed by atoms with Crippen LogP contribution in [-0.2, 0) is 0 Å². The lowest BCUT2D eigenvalue weighted by Gasteiger charge is -2.28. The molecule has 28 heavy (non-hydrogen) atoms. The van der Waals surface area contributed by atoms with E-state index in [1.165, 1.54) is 0 Å². The van der Waals surface area contributed by atoms with Gasteiger partial charge in [0.25, 0.3) is 5.91 Å². The molecule has 0 aliphatic carbocycles. The first-order chi connectivity index (χ1) is 13.0. The highest BCUT2D eigenvalue weighted by molar-refractivity contribution is 9.11. The van der Waals surface area contributed by atoms with Gasteiger partial charge in [0.05, 0.1) is 5.69 Å². The van der Waals surface area contributed by atoms with E-state index in [0.29, 0.717) is 5.56 Å². The number of anilines is 1. The van der Waals surface area contributed by atoms with E-state index >= 15 is 0 Å². The Hall–Kier alpha value is -0.0900. The van der Waals surface area contributed by atoms with Gasteiger partial charge in [0.2, 0.25) is 3.79 Å². The molecule has 0 fully saturated rings. The average Bonchev–Trinajstić information content (AvgIpc) is 2.57. The van der Waals surface area contributed by atoms with Gasteiger partial charge in [-0.25, -0.2) is 0 Å². The van der Waals surface area contributed by atoms with Crippen LogP contribution in [0.25, 0.3) is 0 Å². The lowest BCUT2D eigenvalue weighted by atomic mass is 10.2. The zero-order valence-electron chi connectivity index (χ0n) is 14.1. The third kappa shape index (κ3) is 7.00. The number of carbonyl (C=O) groups excluding carboxylic acids is 1. The molecular weight excluding hydrogens is 640 g/mol. The highest BCUT2D eigenvalue weighted by Gasteiger charge is 2.35. The number of halogens is 6. The van der Waals surface area contributed by atoms with Crippen LogP contribution in [0.1, 0.15) is 15.9 Å². The Balaban J connectivity index is 2.13. The lowest BCUT2D eigenvalue weighted by molar-refractivity contribution is 0.0934. The van der Waals surface area contributed by atoms with Crippen molar-refractivity contribution in [1.82, 2.24) is 10.6 Å². The molecule has 0 aliphatic rings. The number of amides is 1. The first-order valence-electron chi connectivity index (χ1n) is 7.63. The number of aryl methyl sites for hydroxylation is 1. The van der Waals surface area contributed by atoms with Gasteiger partial charge in [-0.05, 0) is 77.0 Å². The summed E-state index contributed by atoms with van der Waals surface area (Å²) in [6, 6.07) is 10.6. The second-order valence-electron chi connectivity index (χ2n) is 5.63. The van der Waals surface area contributed by atoms with Crippen molar-refractivity contribution in [3.8, 4) is 0 Å². The first kappa shape index (κ1) is 24.2. The summed E-state index contributed by atoms with van der Waals surface area (Å²) in [5, 5.41) is 8.70. The number of hydrogen-bond acceptors (Lipinski definition) is 2. The Morgan fingerprint density at radius 1 is 1.04 bits per heavy atom. The number of carbonyl (C=O) groups is 1. The minimum absolute atomic E-state index is 0.179. The van der Waals surface area contributed by atoms with E-state index in [2.05, 4.69) is 63.7 Å². The summed E-state index contributed by atoms with van der Waals surface area (Å²) in [6.07, 6.45) is -1.07. The van der Waals surface area contributed by atoms with Gasteiger partial charge in [-0.3, -0.25) is 4.79 Å². The van der Waals surface area contributed by atoms with Gasteiger partial charge in [0.15, 0.2) is 5.11 Å². The predicted octanol–water partition coefficient (Wildman–Crippen LogP) is 6.70. The van der Waals surface area contributed by atoms with Gasteiger partial charge in [-0.2, -0.15) is 0 Å². The fourth-order valence-corrected chi connectivity index (χ4v) is 4.51. The summed E-state index contributed by atoms with van der Waals surface area (Å²) < 4.78 is 0.721. The topological polar surface area (TPSA) is 53.2 Å². The van der Waals surface area contributed by atoms with E-state index in [1.54, 1.807) is 24.3 Å². The fraction of sp³-hybridized carbons (Fsp3) is 0.176. The van der Waals surface area contributed by atoms with E-state index < -0.39 is 15.9 Å². The third-order valence-electron chi connectivity index (χ3n) is 3.48. The minimum atomic E-state index is -1.84. The molecule has 2 aromatic carbocycles. The Kier molecular flexibility index (Phi) is 8.88. The van der Waals surface area contributed by atoms with Gasteiger partial charge >= 0.3 is 0 Å². The number of alkyl halides is 3. The highest BCUT2D eigenvalue weighted by Crippen LogP contribution is 2.31. The predicted molar refractivity (Wildman–Crippen MR) is 132 cm³/mol. The van der Waals surface area contributed by atoms with Crippen molar-refractivity contribution < 1.29 is 4.79 Å². The molecular formula is C17H13Br3Cl3N3OS. The third-order valence-corrected chi connectivity index (χ3v) is 5.96. The van der Waals surface area contributed by atoms with Crippen molar-refractivity contribution >= 4 is 112 Å². The molecule has 0 heterocycles. The molecule has 1 atom stereocenters. The zero-order valence-corrected chi connectivity index (χ0v) is 22.0. The molecule has 0 saturated carbocycles. The molecule has 0 unspecified atom stereocenters. The Labute approximate surface area is 208 Å². The summed E-state index contributed by atoms with van der Waals surface area (Å²) in [4.78, 5) is 12.5. The highest BCUT2D eigenvalue weighted by atomic mass is 79.9. The Morgan fingerprint density at radius 2 is 1.64 bits per heavy atom. The van der Waals surface area contributed by atoms with E-state index in [4.69, 9.17) is 47.0 Å². The summed E-state index contributed by atoms with van der Waals surface area (Å²) in [6.45, 7) is 1.92. The van der Waals surface area contributed by atoms with Crippen LogP contribution in [-0.4, -0.2) is 21.0 Å². The number of nitrogens with one attached hydrogen (secondary N) is 3. The van der Waals surface area contributed by atoms with Crippen molar-refractivity contribution in [1.29, 1.82) is 0 Å².